The van der Waals surface area contributed by atoms with Crippen LogP contribution >= 0.6 is 11.6 Å². The highest BCUT2D eigenvalue weighted by Crippen LogP contribution is 2.27. The topological polar surface area (TPSA) is 70.6 Å². The summed E-state index contributed by atoms with van der Waals surface area (Å²) >= 11 is 6.55. The fourth-order valence-corrected chi connectivity index (χ4v) is 4.06. The molecule has 1 aliphatic heterocycles. The van der Waals surface area contributed by atoms with Gasteiger partial charge < -0.3 is 10.6 Å². The summed E-state index contributed by atoms with van der Waals surface area (Å²) in [6.07, 6.45) is 3.35. The zero-order valence-electron chi connectivity index (χ0n) is 18.5. The van der Waals surface area contributed by atoms with Crippen LogP contribution in [0, 0.1) is 5.82 Å². The van der Waals surface area contributed by atoms with Crippen LogP contribution in [-0.4, -0.2) is 52.8 Å². The molecule has 0 bridgehead atoms. The van der Waals surface area contributed by atoms with Crippen molar-refractivity contribution in [3.05, 3.63) is 84.1 Å². The minimum Gasteiger partial charge on any atom is -0.402 e. The van der Waals surface area contributed by atoms with Gasteiger partial charge in [0.1, 0.15) is 16.7 Å². The van der Waals surface area contributed by atoms with Gasteiger partial charge >= 0.3 is 0 Å². The molecule has 1 aliphatic rings. The monoisotopic (exact) mass is 464 g/mol. The summed E-state index contributed by atoms with van der Waals surface area (Å²) < 4.78 is 13.4. The highest BCUT2D eigenvalue weighted by Gasteiger charge is 2.23. The van der Waals surface area contributed by atoms with Crippen molar-refractivity contribution in [3.63, 3.8) is 0 Å². The molecule has 33 heavy (non-hydrogen) atoms. The molecule has 0 aliphatic carbocycles. The third kappa shape index (κ3) is 5.74. The number of piperazine rings is 1. The number of aromatic nitrogens is 2. The Bertz CT molecular complexity index is 1140. The number of aliphatic imine (C=N–C) groups is 1. The summed E-state index contributed by atoms with van der Waals surface area (Å²) in [5, 5.41) is 0.413. The highest BCUT2D eigenvalue weighted by molar-refractivity contribution is 6.70. The van der Waals surface area contributed by atoms with Gasteiger partial charge in [0.05, 0.1) is 5.69 Å². The molecule has 0 saturated carbocycles. The number of halogens is 2. The van der Waals surface area contributed by atoms with Crippen molar-refractivity contribution in [1.29, 1.82) is 0 Å². The number of anilines is 1. The predicted molar refractivity (Wildman–Crippen MR) is 132 cm³/mol. The molecule has 0 radical (unpaired) electrons. The van der Waals surface area contributed by atoms with E-state index < -0.39 is 0 Å². The van der Waals surface area contributed by atoms with E-state index in [-0.39, 0.29) is 5.82 Å². The van der Waals surface area contributed by atoms with E-state index in [1.807, 2.05) is 37.3 Å². The number of hydrogen-bond acceptors (Lipinski definition) is 6. The lowest BCUT2D eigenvalue weighted by Gasteiger charge is -2.36. The molecule has 8 heteroatoms. The van der Waals surface area contributed by atoms with Crippen LogP contribution < -0.4 is 10.6 Å². The molecular formula is C25H26ClFN6. The lowest BCUT2D eigenvalue weighted by atomic mass is 10.1. The summed E-state index contributed by atoms with van der Waals surface area (Å²) in [4.78, 5) is 18.1. The van der Waals surface area contributed by atoms with Gasteiger partial charge in [-0.25, -0.2) is 14.4 Å². The minimum atomic E-state index is -0.272. The van der Waals surface area contributed by atoms with E-state index in [9.17, 15) is 4.39 Å². The molecule has 0 spiro atoms. The maximum absolute atomic E-state index is 13.4. The quantitative estimate of drug-likeness (QED) is 0.539. The van der Waals surface area contributed by atoms with Crippen LogP contribution in [0.15, 0.2) is 83.3 Å². The van der Waals surface area contributed by atoms with Crippen LogP contribution in [0.25, 0.3) is 11.3 Å². The lowest BCUT2D eigenvalue weighted by molar-refractivity contribution is 0.280. The van der Waals surface area contributed by atoms with E-state index in [4.69, 9.17) is 17.3 Å². The number of allylic oxidation sites excluding steroid dienone is 1. The SMILES string of the molecule is C/C(N)=C(\CN1CCN(c2nccnc2-c2ccc(F)cc2)CC1)C(Cl)=Nc1ccccc1. The Morgan fingerprint density at radius 2 is 1.67 bits per heavy atom. The molecule has 2 heterocycles. The maximum Gasteiger partial charge on any atom is 0.155 e. The van der Waals surface area contributed by atoms with E-state index in [0.29, 0.717) is 17.4 Å². The lowest BCUT2D eigenvalue weighted by Crippen LogP contribution is -2.47. The second-order valence-electron chi connectivity index (χ2n) is 7.90. The van der Waals surface area contributed by atoms with Crippen molar-refractivity contribution in [2.75, 3.05) is 37.6 Å². The zero-order valence-corrected chi connectivity index (χ0v) is 19.2. The van der Waals surface area contributed by atoms with Crippen LogP contribution in [0.3, 0.4) is 0 Å². The molecule has 1 aromatic heterocycles. The first-order valence-corrected chi connectivity index (χ1v) is 11.2. The van der Waals surface area contributed by atoms with Gasteiger partial charge in [0.25, 0.3) is 0 Å². The third-order valence-corrected chi connectivity index (χ3v) is 5.87. The molecule has 2 aromatic carbocycles. The van der Waals surface area contributed by atoms with Gasteiger partial charge in [-0.1, -0.05) is 29.8 Å². The summed E-state index contributed by atoms with van der Waals surface area (Å²) in [6.45, 7) is 5.64. The Labute approximate surface area is 198 Å². The van der Waals surface area contributed by atoms with E-state index in [1.54, 1.807) is 24.5 Å². The number of hydrogen-bond donors (Lipinski definition) is 1. The van der Waals surface area contributed by atoms with Gasteiger partial charge in [0, 0.05) is 62.0 Å². The van der Waals surface area contributed by atoms with Gasteiger partial charge in [0.2, 0.25) is 0 Å². The normalized spacial score (nSPS) is 16.0. The van der Waals surface area contributed by atoms with Crippen molar-refractivity contribution >= 4 is 28.3 Å². The molecule has 0 unspecified atom stereocenters. The van der Waals surface area contributed by atoms with Gasteiger partial charge in [-0.2, -0.15) is 0 Å². The molecular weight excluding hydrogens is 439 g/mol. The number of nitrogens with two attached hydrogens (primary N) is 1. The van der Waals surface area contributed by atoms with Crippen molar-refractivity contribution in [3.8, 4) is 11.3 Å². The molecule has 170 valence electrons. The first-order chi connectivity index (χ1) is 16.0. The maximum atomic E-state index is 13.4. The average Bonchev–Trinajstić information content (AvgIpc) is 2.84. The summed E-state index contributed by atoms with van der Waals surface area (Å²) in [5.41, 5.74) is 10.0. The number of para-hydroxylation sites is 1. The summed E-state index contributed by atoms with van der Waals surface area (Å²) in [6, 6.07) is 15.9. The molecule has 3 aromatic rings. The second kappa shape index (κ2) is 10.6. The predicted octanol–water partition coefficient (Wildman–Crippen LogP) is 4.61. The third-order valence-electron chi connectivity index (χ3n) is 5.56. The van der Waals surface area contributed by atoms with Crippen LogP contribution in [0.5, 0.6) is 0 Å². The van der Waals surface area contributed by atoms with Crippen LogP contribution in [0.1, 0.15) is 6.92 Å². The molecule has 0 atom stereocenters. The minimum absolute atomic E-state index is 0.272. The van der Waals surface area contributed by atoms with Crippen molar-refractivity contribution in [2.45, 2.75) is 6.92 Å². The van der Waals surface area contributed by atoms with E-state index >= 15 is 0 Å². The van der Waals surface area contributed by atoms with E-state index in [2.05, 4.69) is 24.8 Å². The van der Waals surface area contributed by atoms with Gasteiger partial charge in [-0.05, 0) is 43.3 Å². The molecule has 6 nitrogen and oxygen atoms in total. The largest absolute Gasteiger partial charge is 0.402 e. The Morgan fingerprint density at radius 3 is 2.33 bits per heavy atom. The second-order valence-corrected chi connectivity index (χ2v) is 8.26. The first-order valence-electron chi connectivity index (χ1n) is 10.8. The Balaban J connectivity index is 1.45. The van der Waals surface area contributed by atoms with E-state index in [1.165, 1.54) is 12.1 Å². The standard InChI is InChI=1S/C25H26ClFN6/c1-18(28)22(24(26)31-21-5-3-2-4-6-21)17-32-13-15-33(16-14-32)25-23(29-11-12-30-25)19-7-9-20(27)10-8-19/h2-12H,13-17,28H2,1H3/b22-18-,31-24?. The van der Waals surface area contributed by atoms with Gasteiger partial charge in [0.15, 0.2) is 5.82 Å². The average molecular weight is 465 g/mol. The van der Waals surface area contributed by atoms with Crippen molar-refractivity contribution in [1.82, 2.24) is 14.9 Å². The molecule has 0 amide bonds. The fraction of sp³-hybridized carbons (Fsp3) is 0.240. The molecule has 2 N–H and O–H groups in total. The smallest absolute Gasteiger partial charge is 0.155 e. The van der Waals surface area contributed by atoms with Gasteiger partial charge in [-0.3, -0.25) is 9.88 Å². The Morgan fingerprint density at radius 1 is 1.00 bits per heavy atom. The fourth-order valence-electron chi connectivity index (χ4n) is 3.75. The van der Waals surface area contributed by atoms with Crippen LogP contribution in [-0.2, 0) is 0 Å². The molecule has 4 rings (SSSR count). The van der Waals surface area contributed by atoms with Crippen LogP contribution in [0.2, 0.25) is 0 Å². The van der Waals surface area contributed by atoms with Crippen LogP contribution in [0.4, 0.5) is 15.9 Å². The summed E-state index contributed by atoms with van der Waals surface area (Å²) in [7, 11) is 0. The number of nitrogens with zero attached hydrogens (tertiary/aromatic N) is 5. The first kappa shape index (κ1) is 22.9. The zero-order chi connectivity index (χ0) is 23.2. The Hall–Kier alpha value is -3.29. The molecule has 1 fully saturated rings. The summed E-state index contributed by atoms with van der Waals surface area (Å²) in [5.74, 6) is 0.532. The Kier molecular flexibility index (Phi) is 7.32. The van der Waals surface area contributed by atoms with Crippen molar-refractivity contribution in [2.24, 2.45) is 10.7 Å². The molecule has 1 saturated heterocycles. The van der Waals surface area contributed by atoms with E-state index in [0.717, 1.165) is 54.5 Å². The number of benzene rings is 2. The van der Waals surface area contributed by atoms with Crippen molar-refractivity contribution < 1.29 is 4.39 Å². The highest BCUT2D eigenvalue weighted by atomic mass is 35.5. The van der Waals surface area contributed by atoms with Gasteiger partial charge in [-0.15, -0.1) is 0 Å². The number of rotatable bonds is 6.